The van der Waals surface area contributed by atoms with Gasteiger partial charge in [-0.25, -0.2) is 4.79 Å². The maximum Gasteiger partial charge on any atom is 0.321 e. The number of amides is 3. The molecule has 0 saturated carbocycles. The van der Waals surface area contributed by atoms with Gasteiger partial charge in [0.2, 0.25) is 5.91 Å². The molecule has 3 rings (SSSR count). The number of imide groups is 1. The minimum absolute atomic E-state index is 0.280. The molecule has 2 aromatic rings. The first-order valence-electron chi connectivity index (χ1n) is 7.44. The summed E-state index contributed by atoms with van der Waals surface area (Å²) in [6.45, 7) is 2.58. The van der Waals surface area contributed by atoms with E-state index in [1.165, 1.54) is 0 Å². The van der Waals surface area contributed by atoms with Gasteiger partial charge in [-0.2, -0.15) is 0 Å². The Hall–Kier alpha value is -2.82. The van der Waals surface area contributed by atoms with Gasteiger partial charge < -0.3 is 10.1 Å². The lowest BCUT2D eigenvalue weighted by atomic mass is 9.80. The molecule has 5 heteroatoms. The first-order valence-corrected chi connectivity index (χ1v) is 7.44. The standard InChI is InChI=1S/C18H18N2O3/c1-18(12-19-17(22)20-16(18)21)14-7-9-15(10-8-14)23-11-13-5-3-2-4-6-13/h2-10H,11-12H2,1H3,(H2,19,20,21,22). The highest BCUT2D eigenvalue weighted by Crippen LogP contribution is 2.27. The van der Waals surface area contributed by atoms with Crippen LogP contribution >= 0.6 is 0 Å². The average Bonchev–Trinajstić information content (AvgIpc) is 2.58. The Morgan fingerprint density at radius 3 is 2.39 bits per heavy atom. The quantitative estimate of drug-likeness (QED) is 0.911. The molecule has 2 N–H and O–H groups in total. The van der Waals surface area contributed by atoms with Crippen LogP contribution < -0.4 is 15.4 Å². The highest BCUT2D eigenvalue weighted by atomic mass is 16.5. The minimum atomic E-state index is -0.772. The molecule has 1 heterocycles. The lowest BCUT2D eigenvalue weighted by Gasteiger charge is -2.32. The maximum absolute atomic E-state index is 12.1. The summed E-state index contributed by atoms with van der Waals surface area (Å²) in [7, 11) is 0. The van der Waals surface area contributed by atoms with Crippen molar-refractivity contribution < 1.29 is 14.3 Å². The molecule has 1 aliphatic rings. The molecule has 23 heavy (non-hydrogen) atoms. The average molecular weight is 310 g/mol. The van der Waals surface area contributed by atoms with E-state index in [9.17, 15) is 9.59 Å². The topological polar surface area (TPSA) is 67.4 Å². The predicted octanol–water partition coefficient (Wildman–Crippen LogP) is 2.36. The fourth-order valence-electron chi connectivity index (χ4n) is 2.52. The maximum atomic E-state index is 12.1. The molecule has 1 atom stereocenters. The number of ether oxygens (including phenoxy) is 1. The molecule has 3 amide bonds. The third kappa shape index (κ3) is 3.18. The largest absolute Gasteiger partial charge is 0.489 e. The molecule has 0 bridgehead atoms. The van der Waals surface area contributed by atoms with E-state index in [0.29, 0.717) is 6.61 Å². The summed E-state index contributed by atoms with van der Waals surface area (Å²) in [4.78, 5) is 23.3. The van der Waals surface area contributed by atoms with Crippen molar-refractivity contribution in [3.05, 3.63) is 65.7 Å². The van der Waals surface area contributed by atoms with E-state index in [1.807, 2.05) is 61.5 Å². The third-order valence-electron chi connectivity index (χ3n) is 4.07. The van der Waals surface area contributed by atoms with E-state index in [4.69, 9.17) is 4.74 Å². The molecule has 2 aromatic carbocycles. The highest BCUT2D eigenvalue weighted by molar-refractivity contribution is 6.02. The highest BCUT2D eigenvalue weighted by Gasteiger charge is 2.39. The molecule has 1 unspecified atom stereocenters. The first kappa shape index (κ1) is 15.1. The summed E-state index contributed by atoms with van der Waals surface area (Å²) < 4.78 is 5.74. The van der Waals surface area contributed by atoms with Gasteiger partial charge in [-0.1, -0.05) is 42.5 Å². The van der Waals surface area contributed by atoms with Crippen LogP contribution in [-0.2, 0) is 16.8 Å². The first-order chi connectivity index (χ1) is 11.1. The van der Waals surface area contributed by atoms with Crippen LogP contribution in [0, 0.1) is 0 Å². The Morgan fingerprint density at radius 1 is 1.04 bits per heavy atom. The number of hydrogen-bond donors (Lipinski definition) is 2. The Kier molecular flexibility index (Phi) is 4.02. The van der Waals surface area contributed by atoms with Crippen LogP contribution in [0.2, 0.25) is 0 Å². The predicted molar refractivity (Wildman–Crippen MR) is 86.1 cm³/mol. The van der Waals surface area contributed by atoms with Gasteiger partial charge in [0.1, 0.15) is 12.4 Å². The fraction of sp³-hybridized carbons (Fsp3) is 0.222. The van der Waals surface area contributed by atoms with Crippen molar-refractivity contribution in [2.24, 2.45) is 0 Å². The van der Waals surface area contributed by atoms with Crippen molar-refractivity contribution >= 4 is 11.9 Å². The van der Waals surface area contributed by atoms with Crippen molar-refractivity contribution in [3.8, 4) is 5.75 Å². The summed E-state index contributed by atoms with van der Waals surface area (Å²) in [6, 6.07) is 16.9. The van der Waals surface area contributed by atoms with Gasteiger partial charge in [0.25, 0.3) is 0 Å². The number of urea groups is 1. The molecule has 1 fully saturated rings. The lowest BCUT2D eigenvalue weighted by molar-refractivity contribution is -0.125. The second kappa shape index (κ2) is 6.12. The van der Waals surface area contributed by atoms with Gasteiger partial charge in [0.05, 0.1) is 5.41 Å². The van der Waals surface area contributed by atoms with E-state index >= 15 is 0 Å². The summed E-state index contributed by atoms with van der Waals surface area (Å²) in [6.07, 6.45) is 0. The van der Waals surface area contributed by atoms with E-state index < -0.39 is 11.4 Å². The summed E-state index contributed by atoms with van der Waals surface area (Å²) in [5.41, 5.74) is 1.16. The zero-order chi connectivity index (χ0) is 16.3. The minimum Gasteiger partial charge on any atom is -0.489 e. The third-order valence-corrected chi connectivity index (χ3v) is 4.07. The number of hydrogen-bond acceptors (Lipinski definition) is 3. The number of carbonyl (C=O) groups is 2. The van der Waals surface area contributed by atoms with Crippen LogP contribution in [0.15, 0.2) is 54.6 Å². The Labute approximate surface area is 134 Å². The Morgan fingerprint density at radius 2 is 1.74 bits per heavy atom. The van der Waals surface area contributed by atoms with Crippen LogP contribution in [0.25, 0.3) is 0 Å². The summed E-state index contributed by atoms with van der Waals surface area (Å²) in [5.74, 6) is 0.445. The van der Waals surface area contributed by atoms with Crippen molar-refractivity contribution in [1.29, 1.82) is 0 Å². The summed E-state index contributed by atoms with van der Waals surface area (Å²) >= 11 is 0. The van der Waals surface area contributed by atoms with Crippen LogP contribution in [0.3, 0.4) is 0 Å². The van der Waals surface area contributed by atoms with Gasteiger partial charge in [-0.05, 0) is 30.2 Å². The normalized spacial score (nSPS) is 20.6. The molecular formula is C18H18N2O3. The molecule has 118 valence electrons. The van der Waals surface area contributed by atoms with Crippen molar-refractivity contribution in [1.82, 2.24) is 10.6 Å². The van der Waals surface area contributed by atoms with Crippen LogP contribution in [0.5, 0.6) is 5.75 Å². The van der Waals surface area contributed by atoms with E-state index in [-0.39, 0.29) is 12.5 Å². The molecule has 1 aliphatic heterocycles. The summed E-state index contributed by atoms with van der Waals surface area (Å²) in [5, 5.41) is 4.97. The van der Waals surface area contributed by atoms with Gasteiger partial charge in [0, 0.05) is 6.54 Å². The van der Waals surface area contributed by atoms with Crippen LogP contribution in [-0.4, -0.2) is 18.5 Å². The van der Waals surface area contributed by atoms with E-state index in [0.717, 1.165) is 16.9 Å². The second-order valence-electron chi connectivity index (χ2n) is 5.77. The Balaban J connectivity index is 1.69. The number of rotatable bonds is 4. The monoisotopic (exact) mass is 310 g/mol. The van der Waals surface area contributed by atoms with Crippen LogP contribution in [0.1, 0.15) is 18.1 Å². The lowest BCUT2D eigenvalue weighted by Crippen LogP contribution is -2.59. The molecule has 0 radical (unpaired) electrons. The molecule has 0 spiro atoms. The fourth-order valence-corrected chi connectivity index (χ4v) is 2.52. The van der Waals surface area contributed by atoms with Crippen molar-refractivity contribution in [3.63, 3.8) is 0 Å². The molecule has 5 nitrogen and oxygen atoms in total. The van der Waals surface area contributed by atoms with Crippen molar-refractivity contribution in [2.45, 2.75) is 18.9 Å². The smallest absolute Gasteiger partial charge is 0.321 e. The van der Waals surface area contributed by atoms with Gasteiger partial charge in [-0.15, -0.1) is 0 Å². The SMILES string of the molecule is CC1(c2ccc(OCc3ccccc3)cc2)CNC(=O)NC1=O. The van der Waals surface area contributed by atoms with E-state index in [1.54, 1.807) is 0 Å². The molecule has 0 aliphatic carbocycles. The van der Waals surface area contributed by atoms with Gasteiger partial charge in [-0.3, -0.25) is 10.1 Å². The number of benzene rings is 2. The van der Waals surface area contributed by atoms with Crippen molar-refractivity contribution in [2.75, 3.05) is 6.54 Å². The van der Waals surface area contributed by atoms with E-state index in [2.05, 4.69) is 10.6 Å². The number of nitrogens with one attached hydrogen (secondary N) is 2. The van der Waals surface area contributed by atoms with Gasteiger partial charge in [0.15, 0.2) is 0 Å². The Bertz CT molecular complexity index is 713. The zero-order valence-electron chi connectivity index (χ0n) is 12.8. The van der Waals surface area contributed by atoms with Crippen LogP contribution in [0.4, 0.5) is 4.79 Å². The molecule has 1 saturated heterocycles. The zero-order valence-corrected chi connectivity index (χ0v) is 12.8. The van der Waals surface area contributed by atoms with Gasteiger partial charge >= 0.3 is 6.03 Å². The molecular weight excluding hydrogens is 292 g/mol. The number of carbonyl (C=O) groups excluding carboxylic acids is 2. The second-order valence-corrected chi connectivity index (χ2v) is 5.77. The molecule has 0 aromatic heterocycles.